The number of rotatable bonds is 1. The molecular weight excluding hydrogens is 152 g/mol. The van der Waals surface area contributed by atoms with Gasteiger partial charge in [-0.15, -0.1) is 0 Å². The van der Waals surface area contributed by atoms with Crippen LogP contribution in [0.15, 0.2) is 0 Å². The summed E-state index contributed by atoms with van der Waals surface area (Å²) in [6, 6.07) is 2.19. The summed E-state index contributed by atoms with van der Waals surface area (Å²) in [4.78, 5) is 2.20. The molecule has 12 heavy (non-hydrogen) atoms. The smallest absolute Gasteiger partial charge is 0.0867 e. The topological polar surface area (TPSA) is 36.3 Å². The molecule has 0 aromatic carbocycles. The lowest BCUT2D eigenvalue weighted by Gasteiger charge is -2.47. The molecule has 1 saturated heterocycles. The van der Waals surface area contributed by atoms with Gasteiger partial charge in [-0.1, -0.05) is 0 Å². The van der Waals surface area contributed by atoms with Crippen LogP contribution < -0.4 is 0 Å². The molecule has 3 heteroatoms. The number of nitrogens with zero attached hydrogens (tertiary/aromatic N) is 2. The highest BCUT2D eigenvalue weighted by Gasteiger charge is 2.41. The summed E-state index contributed by atoms with van der Waals surface area (Å²) >= 11 is 0. The summed E-state index contributed by atoms with van der Waals surface area (Å²) < 4.78 is 5.73. The van der Waals surface area contributed by atoms with E-state index in [0.29, 0.717) is 6.54 Å². The molecule has 0 aromatic rings. The first-order valence-electron chi connectivity index (χ1n) is 4.58. The number of hydrogen-bond acceptors (Lipinski definition) is 3. The SMILES string of the molecule is N#CCN1CCOC2(CCC2)C1. The maximum atomic E-state index is 8.55. The molecular formula is C9H14N2O. The Morgan fingerprint density at radius 1 is 1.50 bits per heavy atom. The first kappa shape index (κ1) is 8.03. The Morgan fingerprint density at radius 2 is 2.33 bits per heavy atom. The van der Waals surface area contributed by atoms with Crippen LogP contribution in [0, 0.1) is 11.3 Å². The molecule has 1 aliphatic heterocycles. The van der Waals surface area contributed by atoms with Gasteiger partial charge in [0.05, 0.1) is 24.8 Å². The van der Waals surface area contributed by atoms with Crippen molar-refractivity contribution in [3.63, 3.8) is 0 Å². The van der Waals surface area contributed by atoms with Crippen molar-refractivity contribution in [1.82, 2.24) is 4.90 Å². The van der Waals surface area contributed by atoms with E-state index in [0.717, 1.165) is 19.7 Å². The van der Waals surface area contributed by atoms with Crippen molar-refractivity contribution < 1.29 is 4.74 Å². The van der Waals surface area contributed by atoms with Crippen molar-refractivity contribution in [2.75, 3.05) is 26.2 Å². The van der Waals surface area contributed by atoms with Crippen molar-refractivity contribution in [3.8, 4) is 6.07 Å². The molecule has 0 unspecified atom stereocenters. The fraction of sp³-hybridized carbons (Fsp3) is 0.889. The van der Waals surface area contributed by atoms with Crippen LogP contribution >= 0.6 is 0 Å². The van der Waals surface area contributed by atoms with Gasteiger partial charge in [-0.25, -0.2) is 0 Å². The highest BCUT2D eigenvalue weighted by atomic mass is 16.5. The van der Waals surface area contributed by atoms with E-state index in [9.17, 15) is 0 Å². The average Bonchev–Trinajstić information content (AvgIpc) is 2.03. The van der Waals surface area contributed by atoms with Gasteiger partial charge in [0.25, 0.3) is 0 Å². The molecule has 0 N–H and O–H groups in total. The normalized spacial score (nSPS) is 27.9. The van der Waals surface area contributed by atoms with Crippen molar-refractivity contribution >= 4 is 0 Å². The number of nitriles is 1. The van der Waals surface area contributed by atoms with Crippen molar-refractivity contribution in [2.24, 2.45) is 0 Å². The quantitative estimate of drug-likeness (QED) is 0.540. The van der Waals surface area contributed by atoms with Gasteiger partial charge in [0.2, 0.25) is 0 Å². The van der Waals surface area contributed by atoms with Gasteiger partial charge in [-0.2, -0.15) is 5.26 Å². The third-order valence-corrected chi connectivity index (χ3v) is 2.89. The number of morpholine rings is 1. The molecule has 66 valence electrons. The molecule has 0 atom stereocenters. The number of ether oxygens (including phenoxy) is 1. The van der Waals surface area contributed by atoms with E-state index < -0.39 is 0 Å². The van der Waals surface area contributed by atoms with Gasteiger partial charge in [0, 0.05) is 13.1 Å². The summed E-state index contributed by atoms with van der Waals surface area (Å²) in [7, 11) is 0. The fourth-order valence-corrected chi connectivity index (χ4v) is 2.03. The van der Waals surface area contributed by atoms with Crippen LogP contribution in [0.3, 0.4) is 0 Å². The van der Waals surface area contributed by atoms with Crippen molar-refractivity contribution in [2.45, 2.75) is 24.9 Å². The molecule has 3 nitrogen and oxygen atoms in total. The van der Waals surface area contributed by atoms with Crippen LogP contribution in [0.4, 0.5) is 0 Å². The predicted molar refractivity (Wildman–Crippen MR) is 44.6 cm³/mol. The third kappa shape index (κ3) is 1.33. The fourth-order valence-electron chi connectivity index (χ4n) is 2.03. The molecule has 2 rings (SSSR count). The average molecular weight is 166 g/mol. The van der Waals surface area contributed by atoms with Crippen LogP contribution in [0.25, 0.3) is 0 Å². The summed E-state index contributed by atoms with van der Waals surface area (Å²) in [5.41, 5.74) is 0.148. The third-order valence-electron chi connectivity index (χ3n) is 2.89. The van der Waals surface area contributed by atoms with Gasteiger partial charge in [0.15, 0.2) is 0 Å². The Hall–Kier alpha value is -0.590. The number of hydrogen-bond donors (Lipinski definition) is 0. The predicted octanol–water partition coefficient (Wildman–Crippen LogP) is 0.765. The second-order valence-corrected chi connectivity index (χ2v) is 3.75. The second-order valence-electron chi connectivity index (χ2n) is 3.75. The second kappa shape index (κ2) is 3.04. The van der Waals surface area contributed by atoms with E-state index in [1.54, 1.807) is 0 Å². The summed E-state index contributed by atoms with van der Waals surface area (Å²) in [5, 5.41) is 8.55. The molecule has 2 aliphatic rings. The monoisotopic (exact) mass is 166 g/mol. The molecule has 0 radical (unpaired) electrons. The molecule has 1 heterocycles. The van der Waals surface area contributed by atoms with Crippen molar-refractivity contribution in [1.29, 1.82) is 5.26 Å². The summed E-state index contributed by atoms with van der Waals surface area (Å²) in [5.74, 6) is 0. The van der Waals surface area contributed by atoms with Gasteiger partial charge >= 0.3 is 0 Å². The van der Waals surface area contributed by atoms with E-state index in [4.69, 9.17) is 10.00 Å². The van der Waals surface area contributed by atoms with Crippen LogP contribution in [0.1, 0.15) is 19.3 Å². The molecule has 0 amide bonds. The molecule has 0 aromatic heterocycles. The Balaban J connectivity index is 1.90. The molecule has 2 fully saturated rings. The lowest BCUT2D eigenvalue weighted by atomic mass is 9.79. The van der Waals surface area contributed by atoms with Crippen LogP contribution in [-0.2, 0) is 4.74 Å². The van der Waals surface area contributed by atoms with E-state index >= 15 is 0 Å². The van der Waals surface area contributed by atoms with E-state index in [-0.39, 0.29) is 5.60 Å². The maximum Gasteiger partial charge on any atom is 0.0867 e. The zero-order valence-corrected chi connectivity index (χ0v) is 7.25. The first-order chi connectivity index (χ1) is 5.85. The van der Waals surface area contributed by atoms with E-state index in [2.05, 4.69) is 11.0 Å². The zero-order chi connectivity index (χ0) is 8.44. The lowest BCUT2D eigenvalue weighted by molar-refractivity contribution is -0.148. The van der Waals surface area contributed by atoms with Gasteiger partial charge in [-0.05, 0) is 19.3 Å². The Bertz CT molecular complexity index is 205. The molecule has 1 aliphatic carbocycles. The Kier molecular flexibility index (Phi) is 2.03. The van der Waals surface area contributed by atoms with Gasteiger partial charge < -0.3 is 4.74 Å². The Labute approximate surface area is 72.9 Å². The minimum atomic E-state index is 0.148. The van der Waals surface area contributed by atoms with Crippen LogP contribution in [0.5, 0.6) is 0 Å². The van der Waals surface area contributed by atoms with Crippen molar-refractivity contribution in [3.05, 3.63) is 0 Å². The maximum absolute atomic E-state index is 8.55. The van der Waals surface area contributed by atoms with Crippen LogP contribution in [-0.4, -0.2) is 36.7 Å². The first-order valence-corrected chi connectivity index (χ1v) is 4.58. The highest BCUT2D eigenvalue weighted by Crippen LogP contribution is 2.37. The highest BCUT2D eigenvalue weighted by molar-refractivity contribution is 4.96. The standard InChI is InChI=1S/C9H14N2O/c10-4-5-11-6-7-12-9(8-11)2-1-3-9/h1-3,5-8H2. The van der Waals surface area contributed by atoms with Gasteiger partial charge in [0.1, 0.15) is 0 Å². The molecule has 1 saturated carbocycles. The molecule has 1 spiro atoms. The van der Waals surface area contributed by atoms with E-state index in [1.807, 2.05) is 0 Å². The zero-order valence-electron chi connectivity index (χ0n) is 7.25. The van der Waals surface area contributed by atoms with Gasteiger partial charge in [-0.3, -0.25) is 4.90 Å². The minimum absolute atomic E-state index is 0.148. The van der Waals surface area contributed by atoms with E-state index in [1.165, 1.54) is 19.3 Å². The Morgan fingerprint density at radius 3 is 2.92 bits per heavy atom. The minimum Gasteiger partial charge on any atom is -0.372 e. The lowest BCUT2D eigenvalue weighted by Crippen LogP contribution is -2.55. The summed E-state index contributed by atoms with van der Waals surface area (Å²) in [6.07, 6.45) is 3.67. The summed E-state index contributed by atoms with van der Waals surface area (Å²) in [6.45, 7) is 3.27. The molecule has 0 bridgehead atoms. The van der Waals surface area contributed by atoms with Crippen LogP contribution in [0.2, 0.25) is 0 Å². The largest absolute Gasteiger partial charge is 0.372 e.